The van der Waals surface area contributed by atoms with E-state index in [4.69, 9.17) is 0 Å². The van der Waals surface area contributed by atoms with E-state index in [0.29, 0.717) is 0 Å². The predicted octanol–water partition coefficient (Wildman–Crippen LogP) is 4.86. The molecule has 2 rings (SSSR count). The molecule has 2 aromatic rings. The molecule has 0 aliphatic carbocycles. The Morgan fingerprint density at radius 2 is 1.75 bits per heavy atom. The molecule has 0 atom stereocenters. The number of aryl methyl sites for hydroxylation is 2. The van der Waals surface area contributed by atoms with Crippen LogP contribution in [0.25, 0.3) is 10.8 Å². The largest absolute Gasteiger partial charge is 0.317 e. The lowest BCUT2D eigenvalue weighted by Crippen LogP contribution is -2.15. The quantitative estimate of drug-likeness (QED) is 0.675. The fraction of sp³-hybridized carbons (Fsp3) is 0.474. The SMILES string of the molecule is CCCNCCCCCc1c(C)ccc2ccccc12. The van der Waals surface area contributed by atoms with Gasteiger partial charge in [0.15, 0.2) is 0 Å². The first-order valence-electron chi connectivity index (χ1n) is 8.01. The van der Waals surface area contributed by atoms with Gasteiger partial charge in [0, 0.05) is 0 Å². The second kappa shape index (κ2) is 8.06. The first-order valence-corrected chi connectivity index (χ1v) is 8.01. The van der Waals surface area contributed by atoms with E-state index in [1.807, 2.05) is 0 Å². The number of nitrogens with one attached hydrogen (secondary N) is 1. The summed E-state index contributed by atoms with van der Waals surface area (Å²) in [5.41, 5.74) is 2.98. The Balaban J connectivity index is 1.88. The fourth-order valence-electron chi connectivity index (χ4n) is 2.81. The lowest BCUT2D eigenvalue weighted by molar-refractivity contribution is 0.599. The van der Waals surface area contributed by atoms with E-state index in [9.17, 15) is 0 Å². The molecular formula is C19H27N. The molecule has 0 amide bonds. The molecule has 0 spiro atoms. The van der Waals surface area contributed by atoms with Crippen molar-refractivity contribution in [1.29, 1.82) is 0 Å². The van der Waals surface area contributed by atoms with Crippen LogP contribution in [-0.4, -0.2) is 13.1 Å². The highest BCUT2D eigenvalue weighted by molar-refractivity contribution is 5.86. The summed E-state index contributed by atoms with van der Waals surface area (Å²) in [6.07, 6.45) is 6.35. The maximum absolute atomic E-state index is 3.47. The van der Waals surface area contributed by atoms with Gasteiger partial charge in [0.25, 0.3) is 0 Å². The van der Waals surface area contributed by atoms with Gasteiger partial charge in [-0.2, -0.15) is 0 Å². The summed E-state index contributed by atoms with van der Waals surface area (Å²) in [6, 6.07) is 13.3. The van der Waals surface area contributed by atoms with Crippen molar-refractivity contribution in [3.05, 3.63) is 47.5 Å². The molecule has 0 unspecified atom stereocenters. The third-order valence-corrected chi connectivity index (χ3v) is 3.98. The van der Waals surface area contributed by atoms with Gasteiger partial charge in [0.1, 0.15) is 0 Å². The maximum Gasteiger partial charge on any atom is -0.00489 e. The van der Waals surface area contributed by atoms with Gasteiger partial charge in [0.05, 0.1) is 0 Å². The number of hydrogen-bond acceptors (Lipinski definition) is 1. The number of unbranched alkanes of at least 4 members (excludes halogenated alkanes) is 2. The van der Waals surface area contributed by atoms with Crippen LogP contribution in [0.15, 0.2) is 36.4 Å². The van der Waals surface area contributed by atoms with Crippen LogP contribution in [0.1, 0.15) is 43.7 Å². The molecular weight excluding hydrogens is 242 g/mol. The molecule has 0 heterocycles. The van der Waals surface area contributed by atoms with Crippen LogP contribution < -0.4 is 5.32 Å². The zero-order chi connectivity index (χ0) is 14.2. The van der Waals surface area contributed by atoms with Crippen molar-refractivity contribution in [2.75, 3.05) is 13.1 Å². The summed E-state index contributed by atoms with van der Waals surface area (Å²) in [6.45, 7) is 6.78. The number of benzene rings is 2. The Hall–Kier alpha value is -1.34. The number of fused-ring (bicyclic) bond motifs is 1. The van der Waals surface area contributed by atoms with Crippen LogP contribution in [0.2, 0.25) is 0 Å². The first kappa shape index (κ1) is 15.1. The van der Waals surface area contributed by atoms with E-state index < -0.39 is 0 Å². The normalized spacial score (nSPS) is 11.1. The Morgan fingerprint density at radius 3 is 2.60 bits per heavy atom. The highest BCUT2D eigenvalue weighted by Gasteiger charge is 2.04. The van der Waals surface area contributed by atoms with Crippen molar-refractivity contribution >= 4 is 10.8 Å². The van der Waals surface area contributed by atoms with Gasteiger partial charge < -0.3 is 5.32 Å². The summed E-state index contributed by atoms with van der Waals surface area (Å²) < 4.78 is 0. The molecule has 1 heteroatoms. The second-order valence-electron chi connectivity index (χ2n) is 5.64. The summed E-state index contributed by atoms with van der Waals surface area (Å²) in [5, 5.41) is 6.29. The minimum absolute atomic E-state index is 1.16. The van der Waals surface area contributed by atoms with Crippen LogP contribution in [0.5, 0.6) is 0 Å². The van der Waals surface area contributed by atoms with Crippen LogP contribution >= 0.6 is 0 Å². The van der Waals surface area contributed by atoms with E-state index >= 15 is 0 Å². The Labute approximate surface area is 123 Å². The molecule has 0 aliphatic rings. The molecule has 0 bridgehead atoms. The van der Waals surface area contributed by atoms with Crippen LogP contribution in [0, 0.1) is 6.92 Å². The van der Waals surface area contributed by atoms with Crippen molar-refractivity contribution in [2.45, 2.75) is 46.0 Å². The molecule has 108 valence electrons. The van der Waals surface area contributed by atoms with Gasteiger partial charge in [-0.3, -0.25) is 0 Å². The van der Waals surface area contributed by atoms with E-state index in [1.165, 1.54) is 55.0 Å². The summed E-state index contributed by atoms with van der Waals surface area (Å²) >= 11 is 0. The molecule has 1 N–H and O–H groups in total. The predicted molar refractivity (Wildman–Crippen MR) is 89.4 cm³/mol. The Bertz CT molecular complexity index is 530. The number of hydrogen-bond donors (Lipinski definition) is 1. The van der Waals surface area contributed by atoms with E-state index in [2.05, 4.69) is 55.6 Å². The lowest BCUT2D eigenvalue weighted by Gasteiger charge is -2.10. The van der Waals surface area contributed by atoms with Crippen molar-refractivity contribution in [2.24, 2.45) is 0 Å². The van der Waals surface area contributed by atoms with Crippen LogP contribution in [0.3, 0.4) is 0 Å². The fourth-order valence-corrected chi connectivity index (χ4v) is 2.81. The minimum atomic E-state index is 1.16. The first-order chi connectivity index (χ1) is 9.83. The van der Waals surface area contributed by atoms with Crippen LogP contribution in [0.4, 0.5) is 0 Å². The molecule has 1 nitrogen and oxygen atoms in total. The topological polar surface area (TPSA) is 12.0 Å². The average Bonchev–Trinajstić information content (AvgIpc) is 2.48. The molecule has 0 saturated carbocycles. The Morgan fingerprint density at radius 1 is 0.900 bits per heavy atom. The zero-order valence-electron chi connectivity index (χ0n) is 12.9. The van der Waals surface area contributed by atoms with E-state index in [0.717, 1.165) is 6.54 Å². The summed E-state index contributed by atoms with van der Waals surface area (Å²) in [7, 11) is 0. The van der Waals surface area contributed by atoms with Gasteiger partial charge in [-0.05, 0) is 67.6 Å². The highest BCUT2D eigenvalue weighted by atomic mass is 14.8. The molecule has 20 heavy (non-hydrogen) atoms. The van der Waals surface area contributed by atoms with Gasteiger partial charge in [-0.15, -0.1) is 0 Å². The molecule has 0 radical (unpaired) electrons. The van der Waals surface area contributed by atoms with Crippen molar-refractivity contribution in [3.63, 3.8) is 0 Å². The third kappa shape index (κ3) is 4.08. The maximum atomic E-state index is 3.47. The smallest absolute Gasteiger partial charge is 0.00489 e. The molecule has 0 aliphatic heterocycles. The van der Waals surface area contributed by atoms with Crippen molar-refractivity contribution < 1.29 is 0 Å². The van der Waals surface area contributed by atoms with Gasteiger partial charge in [-0.1, -0.05) is 49.7 Å². The molecule has 0 aromatic heterocycles. The Kier molecular flexibility index (Phi) is 6.07. The monoisotopic (exact) mass is 269 g/mol. The standard InChI is InChI=1S/C19H27N/c1-3-14-20-15-8-4-5-10-18-16(2)12-13-17-9-6-7-11-19(17)18/h6-7,9,11-13,20H,3-5,8,10,14-15H2,1-2H3. The molecule has 0 fully saturated rings. The minimum Gasteiger partial charge on any atom is -0.317 e. The van der Waals surface area contributed by atoms with Crippen molar-refractivity contribution in [1.82, 2.24) is 5.32 Å². The summed E-state index contributed by atoms with van der Waals surface area (Å²) in [5.74, 6) is 0. The average molecular weight is 269 g/mol. The van der Waals surface area contributed by atoms with E-state index in [1.54, 1.807) is 5.56 Å². The lowest BCUT2D eigenvalue weighted by atomic mass is 9.95. The third-order valence-electron chi connectivity index (χ3n) is 3.98. The highest BCUT2D eigenvalue weighted by Crippen LogP contribution is 2.23. The van der Waals surface area contributed by atoms with Crippen LogP contribution in [-0.2, 0) is 6.42 Å². The van der Waals surface area contributed by atoms with Gasteiger partial charge in [0.2, 0.25) is 0 Å². The van der Waals surface area contributed by atoms with Crippen molar-refractivity contribution in [3.8, 4) is 0 Å². The second-order valence-corrected chi connectivity index (χ2v) is 5.64. The number of rotatable bonds is 8. The van der Waals surface area contributed by atoms with E-state index in [-0.39, 0.29) is 0 Å². The zero-order valence-corrected chi connectivity index (χ0v) is 12.9. The molecule has 0 saturated heterocycles. The van der Waals surface area contributed by atoms with Gasteiger partial charge >= 0.3 is 0 Å². The molecule has 2 aromatic carbocycles. The van der Waals surface area contributed by atoms with Gasteiger partial charge in [-0.25, -0.2) is 0 Å². The summed E-state index contributed by atoms with van der Waals surface area (Å²) in [4.78, 5) is 0.